The fourth-order valence-electron chi connectivity index (χ4n) is 2.23. The van der Waals surface area contributed by atoms with Crippen LogP contribution >= 0.6 is 0 Å². The quantitative estimate of drug-likeness (QED) is 0.793. The van der Waals surface area contributed by atoms with E-state index in [0.29, 0.717) is 6.54 Å². The average Bonchev–Trinajstić information content (AvgIpc) is 2.68. The van der Waals surface area contributed by atoms with Crippen LogP contribution in [-0.2, 0) is 4.74 Å². The molecule has 1 aliphatic rings. The summed E-state index contributed by atoms with van der Waals surface area (Å²) >= 11 is 0. The minimum absolute atomic E-state index is 0.336. The molecule has 22 heavy (non-hydrogen) atoms. The lowest BCUT2D eigenvalue weighted by Crippen LogP contribution is -2.33. The van der Waals surface area contributed by atoms with Gasteiger partial charge in [-0.2, -0.15) is 0 Å². The molecule has 0 spiro atoms. The molecule has 4 nitrogen and oxygen atoms in total. The molecule has 0 unspecified atom stereocenters. The number of nitrogens with one attached hydrogen (secondary N) is 1. The zero-order chi connectivity index (χ0) is 17.0. The van der Waals surface area contributed by atoms with E-state index >= 15 is 0 Å². The maximum absolute atomic E-state index is 11.7. The maximum atomic E-state index is 11.7. The van der Waals surface area contributed by atoms with Crippen LogP contribution in [0.15, 0.2) is 23.3 Å². The fourth-order valence-corrected chi connectivity index (χ4v) is 2.23. The highest BCUT2D eigenvalue weighted by atomic mass is 16.6. The Morgan fingerprint density at radius 3 is 2.36 bits per heavy atom. The van der Waals surface area contributed by atoms with Crippen LogP contribution in [0.3, 0.4) is 0 Å². The second-order valence-electron chi connectivity index (χ2n) is 6.35. The van der Waals surface area contributed by atoms with Crippen LogP contribution < -0.4 is 5.32 Å². The number of hydrogen-bond donors (Lipinski definition) is 2. The average molecular weight is 311 g/mol. The molecule has 1 rings (SSSR count). The first-order chi connectivity index (χ1) is 10.4. The summed E-state index contributed by atoms with van der Waals surface area (Å²) in [5.41, 5.74) is 2.23. The van der Waals surface area contributed by atoms with Gasteiger partial charge in [0.25, 0.3) is 0 Å². The highest BCUT2D eigenvalue weighted by molar-refractivity contribution is 5.68. The molecule has 0 atom stereocenters. The molecule has 1 aliphatic carbocycles. The van der Waals surface area contributed by atoms with Crippen molar-refractivity contribution >= 4 is 6.09 Å². The third-order valence-electron chi connectivity index (χ3n) is 3.22. The van der Waals surface area contributed by atoms with Crippen molar-refractivity contribution in [2.24, 2.45) is 0 Å². The van der Waals surface area contributed by atoms with Crippen molar-refractivity contribution in [3.63, 3.8) is 0 Å². The normalized spacial score (nSPS) is 14.8. The Balaban J connectivity index is 0.00000211. The third-order valence-corrected chi connectivity index (χ3v) is 3.22. The van der Waals surface area contributed by atoms with E-state index in [1.165, 1.54) is 30.4 Å². The monoisotopic (exact) mass is 311 g/mol. The Morgan fingerprint density at radius 2 is 1.82 bits per heavy atom. The van der Waals surface area contributed by atoms with Crippen molar-refractivity contribution in [2.75, 3.05) is 13.7 Å². The number of alkyl carbamates (subject to hydrolysis) is 1. The number of allylic oxidation sites excluding steroid dienone is 2. The van der Waals surface area contributed by atoms with Crippen LogP contribution in [0.2, 0.25) is 0 Å². The molecular formula is C18H33NO3. The number of rotatable bonds is 5. The Kier molecular flexibility index (Phi) is 10.6. The molecule has 0 saturated heterocycles. The maximum Gasteiger partial charge on any atom is 0.407 e. The standard InChI is InChI=1S/C17H29NO2.CH4O/c1-5-6-10-14-11-8-7-9-12-15(14)13-18-16(19)20-17(2,3)4;1-2/h11-12H,5-10,13H2,1-4H3,(H,18,19);2H,1H3. The summed E-state index contributed by atoms with van der Waals surface area (Å²) in [5.74, 6) is 0. The van der Waals surface area contributed by atoms with E-state index in [1.54, 1.807) is 0 Å². The first-order valence-corrected chi connectivity index (χ1v) is 8.22. The molecule has 0 aliphatic heterocycles. The van der Waals surface area contributed by atoms with Gasteiger partial charge in [0.2, 0.25) is 0 Å². The summed E-state index contributed by atoms with van der Waals surface area (Å²) in [4.78, 5) is 11.7. The van der Waals surface area contributed by atoms with Crippen molar-refractivity contribution in [2.45, 2.75) is 71.8 Å². The van der Waals surface area contributed by atoms with Gasteiger partial charge < -0.3 is 15.2 Å². The lowest BCUT2D eigenvalue weighted by Gasteiger charge is -2.20. The largest absolute Gasteiger partial charge is 0.444 e. The zero-order valence-electron chi connectivity index (χ0n) is 14.9. The summed E-state index contributed by atoms with van der Waals surface area (Å²) in [6.45, 7) is 8.42. The van der Waals surface area contributed by atoms with Gasteiger partial charge in [-0.3, -0.25) is 0 Å². The molecule has 0 heterocycles. The molecule has 2 N–H and O–H groups in total. The SMILES string of the molecule is CCCCC1=CCCCC=C1CNC(=O)OC(C)(C)C.CO. The molecule has 0 radical (unpaired) electrons. The van der Waals surface area contributed by atoms with Gasteiger partial charge in [-0.05, 0) is 64.0 Å². The molecule has 4 heteroatoms. The first-order valence-electron chi connectivity index (χ1n) is 8.22. The number of carbonyl (C=O) groups excluding carboxylic acids is 1. The Labute approximate surface area is 135 Å². The summed E-state index contributed by atoms with van der Waals surface area (Å²) in [6, 6.07) is 0. The van der Waals surface area contributed by atoms with Crippen molar-refractivity contribution in [3.05, 3.63) is 23.3 Å². The van der Waals surface area contributed by atoms with E-state index in [1.807, 2.05) is 20.8 Å². The summed E-state index contributed by atoms with van der Waals surface area (Å²) < 4.78 is 5.28. The first kappa shape index (κ1) is 20.7. The molecule has 0 aromatic heterocycles. The van der Waals surface area contributed by atoms with Gasteiger partial charge >= 0.3 is 6.09 Å². The lowest BCUT2D eigenvalue weighted by molar-refractivity contribution is 0.0533. The van der Waals surface area contributed by atoms with E-state index in [4.69, 9.17) is 9.84 Å². The van der Waals surface area contributed by atoms with Gasteiger partial charge in [-0.1, -0.05) is 25.5 Å². The molecule has 128 valence electrons. The molecule has 0 bridgehead atoms. The van der Waals surface area contributed by atoms with Gasteiger partial charge in [0.05, 0.1) is 0 Å². The van der Waals surface area contributed by atoms with E-state index in [2.05, 4.69) is 24.4 Å². The molecule has 0 saturated carbocycles. The second kappa shape index (κ2) is 11.3. The van der Waals surface area contributed by atoms with Crippen molar-refractivity contribution in [1.82, 2.24) is 5.32 Å². The van der Waals surface area contributed by atoms with E-state index in [-0.39, 0.29) is 6.09 Å². The number of carbonyl (C=O) groups is 1. The number of aliphatic hydroxyl groups excluding tert-OH is 1. The number of amides is 1. The number of ether oxygens (including phenoxy) is 1. The minimum Gasteiger partial charge on any atom is -0.444 e. The lowest BCUT2D eigenvalue weighted by atomic mass is 10.00. The molecule has 0 aromatic rings. The van der Waals surface area contributed by atoms with E-state index < -0.39 is 5.60 Å². The van der Waals surface area contributed by atoms with Crippen LogP contribution in [0.1, 0.15) is 66.2 Å². The van der Waals surface area contributed by atoms with Gasteiger partial charge in [0, 0.05) is 13.7 Å². The van der Waals surface area contributed by atoms with Gasteiger partial charge in [-0.25, -0.2) is 4.79 Å². The van der Waals surface area contributed by atoms with E-state index in [0.717, 1.165) is 26.4 Å². The van der Waals surface area contributed by atoms with Crippen molar-refractivity contribution in [3.8, 4) is 0 Å². The summed E-state index contributed by atoms with van der Waals surface area (Å²) in [6.07, 6.45) is 11.2. The molecular weight excluding hydrogens is 278 g/mol. The van der Waals surface area contributed by atoms with Crippen LogP contribution in [0.4, 0.5) is 4.79 Å². The zero-order valence-corrected chi connectivity index (χ0v) is 14.9. The van der Waals surface area contributed by atoms with Crippen molar-refractivity contribution < 1.29 is 14.6 Å². The highest BCUT2D eigenvalue weighted by Gasteiger charge is 2.16. The number of unbranched alkanes of at least 4 members (excludes halogenated alkanes) is 1. The summed E-state index contributed by atoms with van der Waals surface area (Å²) in [7, 11) is 1.00. The number of aliphatic hydroxyl groups is 1. The molecule has 1 amide bonds. The van der Waals surface area contributed by atoms with Gasteiger partial charge in [-0.15, -0.1) is 0 Å². The van der Waals surface area contributed by atoms with E-state index in [9.17, 15) is 4.79 Å². The topological polar surface area (TPSA) is 58.6 Å². The predicted molar refractivity (Wildman–Crippen MR) is 91.9 cm³/mol. The van der Waals surface area contributed by atoms with Crippen LogP contribution in [0.5, 0.6) is 0 Å². The Morgan fingerprint density at radius 1 is 1.23 bits per heavy atom. The Bertz CT molecular complexity index is 378. The van der Waals surface area contributed by atoms with Crippen LogP contribution in [0, 0.1) is 0 Å². The van der Waals surface area contributed by atoms with Gasteiger partial charge in [0.15, 0.2) is 0 Å². The van der Waals surface area contributed by atoms with Gasteiger partial charge in [0.1, 0.15) is 5.60 Å². The number of hydrogen-bond acceptors (Lipinski definition) is 3. The third kappa shape index (κ3) is 9.61. The predicted octanol–water partition coefficient (Wildman–Crippen LogP) is 4.35. The second-order valence-corrected chi connectivity index (χ2v) is 6.35. The Hall–Kier alpha value is -1.29. The van der Waals surface area contributed by atoms with Crippen LogP contribution in [-0.4, -0.2) is 30.5 Å². The molecule has 0 fully saturated rings. The molecule has 0 aromatic carbocycles. The van der Waals surface area contributed by atoms with Crippen molar-refractivity contribution in [1.29, 1.82) is 0 Å². The fraction of sp³-hybridized carbons (Fsp3) is 0.722. The summed E-state index contributed by atoms with van der Waals surface area (Å²) in [5, 5.41) is 9.87. The highest BCUT2D eigenvalue weighted by Crippen LogP contribution is 2.22. The smallest absolute Gasteiger partial charge is 0.407 e. The minimum atomic E-state index is -0.442. The van der Waals surface area contributed by atoms with Crippen LogP contribution in [0.25, 0.3) is 0 Å².